The van der Waals surface area contributed by atoms with Crippen LogP contribution in [-0.2, 0) is 20.2 Å². The Balaban J connectivity index is 1.84. The van der Waals surface area contributed by atoms with Gasteiger partial charge < -0.3 is 4.74 Å². The first-order valence-corrected chi connectivity index (χ1v) is 8.92. The van der Waals surface area contributed by atoms with Gasteiger partial charge in [0.05, 0.1) is 5.41 Å². The molecule has 0 spiro atoms. The maximum absolute atomic E-state index is 13.4. The maximum Gasteiger partial charge on any atom is 0.432 e. The Hall–Kier alpha value is -0.930. The van der Waals surface area contributed by atoms with E-state index in [-0.39, 0.29) is 17.8 Å². The van der Waals surface area contributed by atoms with Gasteiger partial charge in [0.1, 0.15) is 0 Å². The minimum atomic E-state index is -5.67. The standard InChI is InChI=1S/C14H17F5O4S/c15-13(16,17)10(14(18,19)24(21)22)23-11(20)12-4-7-1-8(5-12)3-9(2-7)6-12/h7-10,24H,1-6H2. The molecule has 0 aromatic rings. The molecule has 4 saturated carbocycles. The van der Waals surface area contributed by atoms with Crippen LogP contribution >= 0.6 is 0 Å². The van der Waals surface area contributed by atoms with Gasteiger partial charge in [0.25, 0.3) is 6.10 Å². The molecule has 4 aliphatic rings. The molecule has 4 bridgehead atoms. The van der Waals surface area contributed by atoms with Crippen molar-refractivity contribution in [3.8, 4) is 0 Å². The lowest BCUT2D eigenvalue weighted by Crippen LogP contribution is -2.55. The van der Waals surface area contributed by atoms with Gasteiger partial charge in [-0.1, -0.05) is 0 Å². The van der Waals surface area contributed by atoms with E-state index in [0.29, 0.717) is 19.3 Å². The van der Waals surface area contributed by atoms with E-state index in [2.05, 4.69) is 4.74 Å². The van der Waals surface area contributed by atoms with Crippen LogP contribution in [0, 0.1) is 23.2 Å². The summed E-state index contributed by atoms with van der Waals surface area (Å²) in [7, 11) is -4.74. The molecule has 4 aliphatic carbocycles. The Labute approximate surface area is 136 Å². The summed E-state index contributed by atoms with van der Waals surface area (Å²) in [5.41, 5.74) is -1.18. The molecule has 1 unspecified atom stereocenters. The Morgan fingerprint density at radius 3 is 1.71 bits per heavy atom. The van der Waals surface area contributed by atoms with Crippen LogP contribution in [-0.4, -0.2) is 31.9 Å². The quantitative estimate of drug-likeness (QED) is 0.466. The number of carbonyl (C=O) groups excluding carboxylic acids is 1. The van der Waals surface area contributed by atoms with Gasteiger partial charge in [-0.2, -0.15) is 22.0 Å². The summed E-state index contributed by atoms with van der Waals surface area (Å²) < 4.78 is 90.7. The molecule has 0 radical (unpaired) electrons. The van der Waals surface area contributed by atoms with Crippen LogP contribution in [0.2, 0.25) is 0 Å². The number of carbonyl (C=O) groups is 1. The average molecular weight is 376 g/mol. The second-order valence-corrected chi connectivity index (χ2v) is 8.48. The lowest BCUT2D eigenvalue weighted by atomic mass is 9.49. The predicted molar refractivity (Wildman–Crippen MR) is 71.8 cm³/mol. The van der Waals surface area contributed by atoms with Crippen molar-refractivity contribution in [2.45, 2.75) is 56.1 Å². The number of alkyl halides is 5. The minimum Gasteiger partial charge on any atom is -0.444 e. The summed E-state index contributed by atoms with van der Waals surface area (Å²) >= 11 is 0. The summed E-state index contributed by atoms with van der Waals surface area (Å²) in [4.78, 5) is 12.4. The van der Waals surface area contributed by atoms with Gasteiger partial charge in [0, 0.05) is 0 Å². The van der Waals surface area contributed by atoms with E-state index in [9.17, 15) is 35.2 Å². The smallest absolute Gasteiger partial charge is 0.432 e. The summed E-state index contributed by atoms with van der Waals surface area (Å²) in [6.45, 7) is 0. The first-order chi connectivity index (χ1) is 10.9. The number of esters is 1. The molecule has 0 amide bonds. The molecular formula is C14H17F5O4S. The average Bonchev–Trinajstić information content (AvgIpc) is 2.41. The fourth-order valence-electron chi connectivity index (χ4n) is 5.02. The number of thiol groups is 1. The number of halogens is 5. The normalized spacial score (nSPS) is 36.8. The molecule has 0 aromatic carbocycles. The fraction of sp³-hybridized carbons (Fsp3) is 0.929. The SMILES string of the molecule is O=C(OC(C(F)(F)F)C(F)(F)[SH](=O)=O)C12CC3CC(CC(C3)C1)C2. The highest BCUT2D eigenvalue weighted by Gasteiger charge is 2.64. The lowest BCUT2D eigenvalue weighted by Gasteiger charge is -2.55. The van der Waals surface area contributed by atoms with Crippen LogP contribution < -0.4 is 0 Å². The highest BCUT2D eigenvalue weighted by molar-refractivity contribution is 7.73. The molecule has 0 N–H and O–H groups in total. The molecular weight excluding hydrogens is 359 g/mol. The van der Waals surface area contributed by atoms with Gasteiger partial charge in [-0.15, -0.1) is 0 Å². The van der Waals surface area contributed by atoms with Crippen molar-refractivity contribution in [3.05, 3.63) is 0 Å². The molecule has 0 aliphatic heterocycles. The van der Waals surface area contributed by atoms with Crippen LogP contribution in [0.5, 0.6) is 0 Å². The first kappa shape index (κ1) is 17.9. The Morgan fingerprint density at radius 1 is 0.958 bits per heavy atom. The van der Waals surface area contributed by atoms with E-state index in [1.807, 2.05) is 0 Å². The van der Waals surface area contributed by atoms with E-state index in [1.165, 1.54) is 0 Å². The van der Waals surface area contributed by atoms with Gasteiger partial charge >= 0.3 is 17.4 Å². The Bertz CT molecular complexity index is 569. The molecule has 24 heavy (non-hydrogen) atoms. The highest BCUT2D eigenvalue weighted by atomic mass is 32.2. The molecule has 0 saturated heterocycles. The second kappa shape index (κ2) is 5.54. The van der Waals surface area contributed by atoms with Crippen LogP contribution in [0.25, 0.3) is 0 Å². The lowest BCUT2D eigenvalue weighted by molar-refractivity contribution is -0.264. The third kappa shape index (κ3) is 2.90. The molecule has 1 atom stereocenters. The van der Waals surface area contributed by atoms with E-state index in [0.717, 1.165) is 19.3 Å². The second-order valence-electron chi connectivity index (χ2n) is 7.37. The van der Waals surface area contributed by atoms with Crippen LogP contribution in [0.15, 0.2) is 0 Å². The van der Waals surface area contributed by atoms with Crippen molar-refractivity contribution in [1.29, 1.82) is 0 Å². The maximum atomic E-state index is 13.4. The first-order valence-electron chi connectivity index (χ1n) is 7.74. The summed E-state index contributed by atoms with van der Waals surface area (Å²) in [6.07, 6.45) is -5.94. The predicted octanol–water partition coefficient (Wildman–Crippen LogP) is 2.88. The third-order valence-corrected chi connectivity index (χ3v) is 6.27. The minimum absolute atomic E-state index is 0.199. The molecule has 10 heteroatoms. The van der Waals surface area contributed by atoms with Crippen molar-refractivity contribution in [3.63, 3.8) is 0 Å². The molecule has 0 heterocycles. The van der Waals surface area contributed by atoms with Crippen LogP contribution in [0.4, 0.5) is 22.0 Å². The van der Waals surface area contributed by atoms with Gasteiger partial charge in [0.15, 0.2) is 0 Å². The topological polar surface area (TPSA) is 60.4 Å². The van der Waals surface area contributed by atoms with Gasteiger partial charge in [-0.25, -0.2) is 8.42 Å². The van der Waals surface area contributed by atoms with E-state index < -0.39 is 39.6 Å². The monoisotopic (exact) mass is 376 g/mol. The molecule has 4 rings (SSSR count). The molecule has 4 fully saturated rings. The zero-order valence-electron chi connectivity index (χ0n) is 12.5. The molecule has 0 aromatic heterocycles. The van der Waals surface area contributed by atoms with Gasteiger partial charge in [-0.05, 0) is 56.3 Å². The number of hydrogen-bond acceptors (Lipinski definition) is 4. The summed E-state index contributed by atoms with van der Waals surface area (Å²) in [5, 5.41) is -5.19. The zero-order valence-corrected chi connectivity index (χ0v) is 13.4. The number of hydrogen-bond donors (Lipinski definition) is 1. The van der Waals surface area contributed by atoms with Crippen molar-refractivity contribution in [1.82, 2.24) is 0 Å². The zero-order chi connectivity index (χ0) is 17.9. The summed E-state index contributed by atoms with van der Waals surface area (Å²) in [5.74, 6) is -0.736. The Morgan fingerprint density at radius 2 is 1.38 bits per heavy atom. The molecule has 138 valence electrons. The van der Waals surface area contributed by atoms with Crippen molar-refractivity contribution < 1.29 is 39.9 Å². The Kier molecular flexibility index (Phi) is 4.12. The van der Waals surface area contributed by atoms with Crippen molar-refractivity contribution in [2.24, 2.45) is 23.2 Å². The molecule has 4 nitrogen and oxygen atoms in total. The van der Waals surface area contributed by atoms with Gasteiger partial charge in [-0.3, -0.25) is 4.79 Å². The van der Waals surface area contributed by atoms with E-state index >= 15 is 0 Å². The third-order valence-electron chi connectivity index (χ3n) is 5.55. The summed E-state index contributed by atoms with van der Waals surface area (Å²) in [6, 6.07) is 0. The number of rotatable bonds is 4. The van der Waals surface area contributed by atoms with E-state index in [4.69, 9.17) is 0 Å². The highest BCUT2D eigenvalue weighted by Crippen LogP contribution is 2.60. The van der Waals surface area contributed by atoms with Crippen molar-refractivity contribution >= 4 is 16.7 Å². The largest absolute Gasteiger partial charge is 0.444 e. The number of ether oxygens (including phenoxy) is 1. The van der Waals surface area contributed by atoms with Crippen LogP contribution in [0.1, 0.15) is 38.5 Å². The van der Waals surface area contributed by atoms with E-state index in [1.54, 1.807) is 0 Å². The fourth-order valence-corrected chi connectivity index (χ4v) is 5.41. The van der Waals surface area contributed by atoms with Gasteiger partial charge in [0.2, 0.25) is 10.7 Å². The van der Waals surface area contributed by atoms with Crippen LogP contribution in [0.3, 0.4) is 0 Å². The van der Waals surface area contributed by atoms with Crippen molar-refractivity contribution in [2.75, 3.05) is 0 Å².